The molecule has 1 unspecified atom stereocenters. The maximum absolute atomic E-state index is 13.9. The van der Waals surface area contributed by atoms with Crippen molar-refractivity contribution < 1.29 is 19.2 Å². The zero-order valence-electron chi connectivity index (χ0n) is 21.4. The maximum atomic E-state index is 13.9. The first-order valence-electron chi connectivity index (χ1n) is 13.5. The van der Waals surface area contributed by atoms with Gasteiger partial charge >= 0.3 is 5.91 Å². The van der Waals surface area contributed by atoms with Gasteiger partial charge in [-0.15, -0.1) is 0 Å². The fourth-order valence-electron chi connectivity index (χ4n) is 6.52. The van der Waals surface area contributed by atoms with Crippen LogP contribution in [0.2, 0.25) is 0 Å². The number of benzene rings is 2. The van der Waals surface area contributed by atoms with E-state index in [0.29, 0.717) is 29.9 Å². The number of imidazole rings is 1. The molecular weight excluding hydrogens is 499 g/mol. The summed E-state index contributed by atoms with van der Waals surface area (Å²) in [4.78, 5) is 21.9. The molecule has 2 fully saturated rings. The molecule has 4 heterocycles. The monoisotopic (exact) mass is 533 g/mol. The Bertz CT molecular complexity index is 1380. The summed E-state index contributed by atoms with van der Waals surface area (Å²) in [5.74, 6) is 1.16. The average Bonchev–Trinajstić information content (AvgIpc) is 3.70. The molecule has 2 aliphatic heterocycles. The van der Waals surface area contributed by atoms with E-state index in [2.05, 4.69) is 26.7 Å². The van der Waals surface area contributed by atoms with Crippen LogP contribution in [-0.4, -0.2) is 64.8 Å². The Morgan fingerprint density at radius 3 is 2.63 bits per heavy atom. The van der Waals surface area contributed by atoms with Gasteiger partial charge in [-0.05, 0) is 84.1 Å². The minimum Gasteiger partial charge on any atom is -0.395 e. The lowest BCUT2D eigenvalue weighted by atomic mass is 9.87. The third kappa shape index (κ3) is 5.06. The fourth-order valence-corrected chi connectivity index (χ4v) is 7.25. The van der Waals surface area contributed by atoms with E-state index in [9.17, 15) is 14.3 Å². The molecule has 0 aliphatic carbocycles. The summed E-state index contributed by atoms with van der Waals surface area (Å²) < 4.78 is 15.2. The lowest BCUT2D eigenvalue weighted by Crippen LogP contribution is -3.13. The first kappa shape index (κ1) is 25.4. The van der Waals surface area contributed by atoms with E-state index >= 15 is 0 Å². The Balaban J connectivity index is 1.18. The Labute approximate surface area is 226 Å². The van der Waals surface area contributed by atoms with Gasteiger partial charge in [-0.2, -0.15) is 11.3 Å². The molecule has 2 N–H and O–H groups in total. The highest BCUT2D eigenvalue weighted by molar-refractivity contribution is 7.08. The van der Waals surface area contributed by atoms with E-state index in [1.807, 2.05) is 34.9 Å². The normalized spacial score (nSPS) is 22.8. The summed E-state index contributed by atoms with van der Waals surface area (Å²) in [5.41, 5.74) is 4.87. The van der Waals surface area contributed by atoms with Crippen molar-refractivity contribution in [3.05, 3.63) is 88.1 Å². The lowest BCUT2D eigenvalue weighted by molar-refractivity contribution is -0.802. The van der Waals surface area contributed by atoms with Crippen molar-refractivity contribution in [1.82, 2.24) is 14.5 Å². The molecule has 0 saturated carbocycles. The van der Waals surface area contributed by atoms with E-state index in [0.717, 1.165) is 61.5 Å². The third-order valence-electron chi connectivity index (χ3n) is 8.48. The van der Waals surface area contributed by atoms with Crippen molar-refractivity contribution in [2.75, 3.05) is 39.3 Å². The van der Waals surface area contributed by atoms with Crippen LogP contribution >= 0.6 is 11.3 Å². The van der Waals surface area contributed by atoms with Gasteiger partial charge in [-0.1, -0.05) is 18.2 Å². The molecule has 6 nitrogen and oxygen atoms in total. The quantitative estimate of drug-likeness (QED) is 0.382. The van der Waals surface area contributed by atoms with Crippen molar-refractivity contribution in [3.8, 4) is 0 Å². The van der Waals surface area contributed by atoms with Crippen LogP contribution in [0.3, 0.4) is 0 Å². The van der Waals surface area contributed by atoms with Gasteiger partial charge < -0.3 is 14.6 Å². The highest BCUT2D eigenvalue weighted by Crippen LogP contribution is 2.32. The molecule has 0 spiro atoms. The number of rotatable bonds is 7. The van der Waals surface area contributed by atoms with E-state index in [1.165, 1.54) is 11.1 Å². The van der Waals surface area contributed by atoms with E-state index in [4.69, 9.17) is 0 Å². The van der Waals surface area contributed by atoms with Gasteiger partial charge in [0.2, 0.25) is 0 Å². The number of likely N-dealkylation sites (tertiary alicyclic amines) is 2. The van der Waals surface area contributed by atoms with Crippen LogP contribution in [0.5, 0.6) is 0 Å². The minimum atomic E-state index is -0.178. The van der Waals surface area contributed by atoms with E-state index in [-0.39, 0.29) is 18.3 Å². The number of halogens is 1. The number of aliphatic hydroxyl groups is 1. The largest absolute Gasteiger partial charge is 0.395 e. The van der Waals surface area contributed by atoms with Crippen LogP contribution in [-0.2, 0) is 6.54 Å². The van der Waals surface area contributed by atoms with Crippen molar-refractivity contribution >= 4 is 28.3 Å². The van der Waals surface area contributed by atoms with Crippen LogP contribution in [0.15, 0.2) is 65.6 Å². The summed E-state index contributed by atoms with van der Waals surface area (Å²) in [7, 11) is 0. The van der Waals surface area contributed by atoms with Crippen molar-refractivity contribution in [2.24, 2.45) is 5.92 Å². The molecule has 2 aromatic heterocycles. The number of hydrogen-bond donors (Lipinski definition) is 2. The smallest absolute Gasteiger partial charge is 0.346 e. The van der Waals surface area contributed by atoms with Crippen LogP contribution in [0, 0.1) is 11.7 Å². The lowest BCUT2D eigenvalue weighted by Gasteiger charge is -2.34. The van der Waals surface area contributed by atoms with Crippen molar-refractivity contribution in [3.63, 3.8) is 0 Å². The molecule has 3 atom stereocenters. The molecule has 8 heteroatoms. The third-order valence-corrected chi connectivity index (χ3v) is 9.18. The second-order valence-electron chi connectivity index (χ2n) is 10.7. The number of carbonyl (C=O) groups is 1. The van der Waals surface area contributed by atoms with Gasteiger partial charge in [-0.25, -0.2) is 14.2 Å². The number of para-hydroxylation sites is 1. The molecule has 1 amide bonds. The van der Waals surface area contributed by atoms with E-state index in [1.54, 1.807) is 29.8 Å². The highest BCUT2D eigenvalue weighted by atomic mass is 32.1. The van der Waals surface area contributed by atoms with Crippen LogP contribution in [0.1, 0.15) is 46.2 Å². The van der Waals surface area contributed by atoms with Crippen LogP contribution < -0.4 is 4.90 Å². The number of piperidine rings is 1. The number of nitrogens with one attached hydrogen (secondary N) is 1. The summed E-state index contributed by atoms with van der Waals surface area (Å²) in [6, 6.07) is 14.9. The number of quaternary nitrogens is 1. The predicted octanol–water partition coefficient (Wildman–Crippen LogP) is 3.55. The van der Waals surface area contributed by atoms with Gasteiger partial charge in [0.1, 0.15) is 11.4 Å². The summed E-state index contributed by atoms with van der Waals surface area (Å²) in [5, 5.41) is 13.9. The number of thiophene rings is 1. The average molecular weight is 534 g/mol. The van der Waals surface area contributed by atoms with Crippen molar-refractivity contribution in [2.45, 2.75) is 31.2 Å². The number of amides is 1. The van der Waals surface area contributed by atoms with Crippen LogP contribution in [0.25, 0.3) is 11.0 Å². The molecule has 2 aliphatic rings. The number of nitrogens with zero attached hydrogens (tertiary/aromatic N) is 3. The highest BCUT2D eigenvalue weighted by Gasteiger charge is 2.42. The second kappa shape index (κ2) is 11.1. The molecule has 6 rings (SSSR count). The van der Waals surface area contributed by atoms with Crippen molar-refractivity contribution in [1.29, 1.82) is 0 Å². The zero-order chi connectivity index (χ0) is 26.1. The van der Waals surface area contributed by atoms with Gasteiger partial charge in [0.15, 0.2) is 0 Å². The Morgan fingerprint density at radius 2 is 1.89 bits per heavy atom. The number of aliphatic hydroxyl groups excluding tert-OH is 1. The summed E-state index contributed by atoms with van der Waals surface area (Å²) >= 11 is 1.72. The number of fused-ring (bicyclic) bond motifs is 1. The topological polar surface area (TPSA) is 62.8 Å². The number of carbonyl (C=O) groups excluding carboxylic acids is 1. The Kier molecular flexibility index (Phi) is 7.39. The molecule has 0 bridgehead atoms. The maximum Gasteiger partial charge on any atom is 0.346 e. The Morgan fingerprint density at radius 1 is 1.08 bits per heavy atom. The van der Waals surface area contributed by atoms with Gasteiger partial charge in [-0.3, -0.25) is 4.90 Å². The molecule has 2 saturated heterocycles. The first-order valence-corrected chi connectivity index (χ1v) is 14.5. The molecule has 198 valence electrons. The Hall–Kier alpha value is -2.91. The molecule has 38 heavy (non-hydrogen) atoms. The minimum absolute atomic E-state index is 0.00467. The zero-order valence-corrected chi connectivity index (χ0v) is 22.2. The number of aromatic nitrogens is 2. The second-order valence-corrected chi connectivity index (χ2v) is 11.5. The number of hydrogen-bond acceptors (Lipinski definition) is 5. The molecule has 0 radical (unpaired) electrons. The van der Waals surface area contributed by atoms with Gasteiger partial charge in [0, 0.05) is 24.9 Å². The SMILES string of the molecule is O=C(c1cccc2ncn(CCO)c12)[NH+]1C[C@@H](CN2CCC(c3ccc(F)cc3)CC2)[C@H](c2ccsc2)C1. The molecule has 2 aromatic carbocycles. The fraction of sp³-hybridized carbons (Fsp3) is 0.400. The van der Waals surface area contributed by atoms with Crippen LogP contribution in [0.4, 0.5) is 4.39 Å². The van der Waals surface area contributed by atoms with Gasteiger partial charge in [0.05, 0.1) is 37.1 Å². The summed E-state index contributed by atoms with van der Waals surface area (Å²) in [6.45, 7) is 5.06. The van der Waals surface area contributed by atoms with E-state index < -0.39 is 0 Å². The first-order chi connectivity index (χ1) is 18.6. The van der Waals surface area contributed by atoms with Gasteiger partial charge in [0.25, 0.3) is 0 Å². The predicted molar refractivity (Wildman–Crippen MR) is 147 cm³/mol. The standard InChI is InChI=1S/C30H33FN4O2S/c31-25-6-4-21(5-7-25)22-8-11-33(12-9-22)16-24-17-35(18-27(24)23-10-15-38-19-23)30(37)26-2-1-3-28-29(26)34(13-14-36)20-32-28/h1-7,10,15,19-20,22,24,27,36H,8-9,11-14,16-18H2/p+1/t24-,27+/m1/s1. The summed E-state index contributed by atoms with van der Waals surface area (Å²) in [6.07, 6.45) is 3.87. The molecular formula is C30H34FN4O2S+. The molecule has 4 aromatic rings.